The van der Waals surface area contributed by atoms with Crippen LogP contribution in [0.25, 0.3) is 0 Å². The topological polar surface area (TPSA) is 38.3 Å². The highest BCUT2D eigenvalue weighted by molar-refractivity contribution is 5.70. The molecule has 70 valence electrons. The first-order valence-corrected chi connectivity index (χ1v) is 3.93. The summed E-state index contributed by atoms with van der Waals surface area (Å²) < 4.78 is 17.3. The molecule has 0 heterocycles. The van der Waals surface area contributed by atoms with Crippen molar-refractivity contribution in [2.45, 2.75) is 6.92 Å². The quantitative estimate of drug-likeness (QED) is 0.760. The van der Waals surface area contributed by atoms with Crippen molar-refractivity contribution in [3.8, 4) is 5.75 Å². The second kappa shape index (κ2) is 4.45. The van der Waals surface area contributed by atoms with Crippen LogP contribution >= 0.6 is 0 Å². The molecule has 13 heavy (non-hydrogen) atoms. The number of hydrogen-bond acceptors (Lipinski definition) is 2. The van der Waals surface area contributed by atoms with Crippen molar-refractivity contribution in [3.05, 3.63) is 30.1 Å². The minimum Gasteiger partial charge on any atom is -0.410 e. The average Bonchev–Trinajstić information content (AvgIpc) is 2.04. The summed E-state index contributed by atoms with van der Waals surface area (Å²) in [5, 5.41) is 2.43. The number of benzene rings is 1. The monoisotopic (exact) mass is 183 g/mol. The van der Waals surface area contributed by atoms with Crippen LogP contribution in [0.15, 0.2) is 24.3 Å². The lowest BCUT2D eigenvalue weighted by molar-refractivity contribution is 0.201. The molecule has 1 aromatic carbocycles. The highest BCUT2D eigenvalue weighted by Gasteiger charge is 2.02. The largest absolute Gasteiger partial charge is 0.412 e. The molecule has 0 aromatic heterocycles. The van der Waals surface area contributed by atoms with Crippen LogP contribution in [0.4, 0.5) is 9.18 Å². The molecule has 0 fully saturated rings. The molecule has 0 aliphatic heterocycles. The second-order valence-electron chi connectivity index (χ2n) is 2.38. The summed E-state index contributed by atoms with van der Waals surface area (Å²) in [5.74, 6) is -0.229. The fourth-order valence-electron chi connectivity index (χ4n) is 0.818. The number of rotatable bonds is 2. The molecule has 3 nitrogen and oxygen atoms in total. The molecule has 0 spiro atoms. The maximum Gasteiger partial charge on any atom is 0.412 e. The van der Waals surface area contributed by atoms with E-state index in [1.54, 1.807) is 6.92 Å². The molecule has 0 aliphatic rings. The van der Waals surface area contributed by atoms with E-state index < -0.39 is 11.9 Å². The zero-order chi connectivity index (χ0) is 9.68. The Balaban J connectivity index is 2.58. The number of nitrogens with one attached hydrogen (secondary N) is 1. The second-order valence-corrected chi connectivity index (χ2v) is 2.38. The van der Waals surface area contributed by atoms with Gasteiger partial charge in [-0.1, -0.05) is 6.07 Å². The maximum atomic E-state index is 12.6. The first kappa shape index (κ1) is 9.51. The van der Waals surface area contributed by atoms with Crippen molar-refractivity contribution in [2.24, 2.45) is 0 Å². The van der Waals surface area contributed by atoms with E-state index in [0.717, 1.165) is 6.07 Å². The van der Waals surface area contributed by atoms with Gasteiger partial charge in [-0.2, -0.15) is 0 Å². The van der Waals surface area contributed by atoms with Gasteiger partial charge in [-0.3, -0.25) is 0 Å². The van der Waals surface area contributed by atoms with Gasteiger partial charge in [0.2, 0.25) is 0 Å². The number of halogens is 1. The SMILES string of the molecule is CCNC(=O)Oc1cccc(F)c1. The minimum absolute atomic E-state index is 0.200. The van der Waals surface area contributed by atoms with E-state index in [4.69, 9.17) is 4.74 Å². The van der Waals surface area contributed by atoms with Gasteiger partial charge in [0.05, 0.1) is 0 Å². The van der Waals surface area contributed by atoms with E-state index in [-0.39, 0.29) is 5.75 Å². The first-order valence-electron chi connectivity index (χ1n) is 3.93. The Morgan fingerprint density at radius 3 is 3.00 bits per heavy atom. The van der Waals surface area contributed by atoms with E-state index in [0.29, 0.717) is 6.54 Å². The summed E-state index contributed by atoms with van der Waals surface area (Å²) in [4.78, 5) is 10.9. The van der Waals surface area contributed by atoms with Gasteiger partial charge in [0, 0.05) is 12.6 Å². The van der Waals surface area contributed by atoms with Crippen LogP contribution in [0, 0.1) is 5.82 Å². The summed E-state index contributed by atoms with van der Waals surface area (Å²) in [6.45, 7) is 2.25. The van der Waals surface area contributed by atoms with Crippen LogP contribution in [-0.2, 0) is 0 Å². The van der Waals surface area contributed by atoms with Gasteiger partial charge in [-0.15, -0.1) is 0 Å². The summed E-state index contributed by atoms with van der Waals surface area (Å²) in [6.07, 6.45) is -0.576. The number of amides is 1. The van der Waals surface area contributed by atoms with E-state index in [1.807, 2.05) is 0 Å². The number of carbonyl (C=O) groups is 1. The van der Waals surface area contributed by atoms with Crippen molar-refractivity contribution in [1.29, 1.82) is 0 Å². The molecule has 1 N–H and O–H groups in total. The van der Waals surface area contributed by atoms with Crippen LogP contribution in [0.1, 0.15) is 6.92 Å². The lowest BCUT2D eigenvalue weighted by atomic mass is 10.3. The summed E-state index contributed by atoms with van der Waals surface area (Å²) in [5.41, 5.74) is 0. The zero-order valence-electron chi connectivity index (χ0n) is 7.21. The number of ether oxygens (including phenoxy) is 1. The van der Waals surface area contributed by atoms with E-state index >= 15 is 0 Å². The van der Waals surface area contributed by atoms with Crippen molar-refractivity contribution < 1.29 is 13.9 Å². The fraction of sp³-hybridized carbons (Fsp3) is 0.222. The Morgan fingerprint density at radius 2 is 2.38 bits per heavy atom. The molecule has 1 aromatic rings. The molecule has 0 saturated carbocycles. The average molecular weight is 183 g/mol. The van der Waals surface area contributed by atoms with Gasteiger partial charge in [0.25, 0.3) is 0 Å². The molecule has 0 atom stereocenters. The third kappa shape index (κ3) is 3.11. The van der Waals surface area contributed by atoms with Crippen LogP contribution in [0.5, 0.6) is 5.75 Å². The normalized spacial score (nSPS) is 9.38. The standard InChI is InChI=1S/C9H10FNO2/c1-2-11-9(12)13-8-5-3-4-7(10)6-8/h3-6H,2H2,1H3,(H,11,12). The maximum absolute atomic E-state index is 12.6. The van der Waals surface area contributed by atoms with Crippen molar-refractivity contribution >= 4 is 6.09 Å². The molecular weight excluding hydrogens is 173 g/mol. The predicted octanol–water partition coefficient (Wildman–Crippen LogP) is 1.93. The molecular formula is C9H10FNO2. The van der Waals surface area contributed by atoms with Crippen LogP contribution in [-0.4, -0.2) is 12.6 Å². The van der Waals surface area contributed by atoms with Crippen molar-refractivity contribution in [2.75, 3.05) is 6.54 Å². The van der Waals surface area contributed by atoms with E-state index in [9.17, 15) is 9.18 Å². The zero-order valence-corrected chi connectivity index (χ0v) is 7.21. The lowest BCUT2D eigenvalue weighted by Gasteiger charge is -2.03. The molecule has 0 unspecified atom stereocenters. The third-order valence-corrected chi connectivity index (χ3v) is 1.33. The lowest BCUT2D eigenvalue weighted by Crippen LogP contribution is -2.26. The smallest absolute Gasteiger partial charge is 0.410 e. The van der Waals surface area contributed by atoms with E-state index in [2.05, 4.69) is 5.32 Å². The highest BCUT2D eigenvalue weighted by Crippen LogP contribution is 2.11. The van der Waals surface area contributed by atoms with Gasteiger partial charge in [-0.25, -0.2) is 9.18 Å². The summed E-state index contributed by atoms with van der Waals surface area (Å²) in [7, 11) is 0. The van der Waals surface area contributed by atoms with Gasteiger partial charge in [0.15, 0.2) is 0 Å². The van der Waals surface area contributed by atoms with Crippen molar-refractivity contribution in [1.82, 2.24) is 5.32 Å². The Kier molecular flexibility index (Phi) is 3.25. The molecule has 4 heteroatoms. The van der Waals surface area contributed by atoms with Gasteiger partial charge >= 0.3 is 6.09 Å². The summed E-state index contributed by atoms with van der Waals surface area (Å²) >= 11 is 0. The number of hydrogen-bond donors (Lipinski definition) is 1. The minimum atomic E-state index is -0.576. The van der Waals surface area contributed by atoms with Crippen LogP contribution in [0.3, 0.4) is 0 Å². The molecule has 0 radical (unpaired) electrons. The Morgan fingerprint density at radius 1 is 1.62 bits per heavy atom. The Bertz CT molecular complexity index is 301. The van der Waals surface area contributed by atoms with E-state index in [1.165, 1.54) is 18.2 Å². The van der Waals surface area contributed by atoms with Crippen LogP contribution < -0.4 is 10.1 Å². The molecule has 0 saturated heterocycles. The summed E-state index contributed by atoms with van der Waals surface area (Å²) in [6, 6.07) is 5.42. The highest BCUT2D eigenvalue weighted by atomic mass is 19.1. The predicted molar refractivity (Wildman–Crippen MR) is 46.1 cm³/mol. The van der Waals surface area contributed by atoms with Crippen molar-refractivity contribution in [3.63, 3.8) is 0 Å². The number of carbonyl (C=O) groups excluding carboxylic acids is 1. The molecule has 1 amide bonds. The van der Waals surface area contributed by atoms with Crippen LogP contribution in [0.2, 0.25) is 0 Å². The molecule has 0 aliphatic carbocycles. The Hall–Kier alpha value is -1.58. The molecule has 0 bridgehead atoms. The molecule has 1 rings (SSSR count). The third-order valence-electron chi connectivity index (χ3n) is 1.33. The van der Waals surface area contributed by atoms with Gasteiger partial charge in [0.1, 0.15) is 11.6 Å². The van der Waals surface area contributed by atoms with Gasteiger partial charge in [-0.05, 0) is 19.1 Å². The van der Waals surface area contributed by atoms with Gasteiger partial charge < -0.3 is 10.1 Å². The fourth-order valence-corrected chi connectivity index (χ4v) is 0.818. The Labute approximate surface area is 75.5 Å². The first-order chi connectivity index (χ1) is 6.22.